The largest absolute Gasteiger partial charge is 0.481 e. The van der Waals surface area contributed by atoms with Gasteiger partial charge in [0.15, 0.2) is 0 Å². The fraction of sp³-hybridized carbons (Fsp3) is 0.909. The van der Waals surface area contributed by atoms with Crippen LogP contribution in [-0.2, 0) is 25.6 Å². The van der Waals surface area contributed by atoms with Crippen molar-refractivity contribution < 1.29 is 31.3 Å². The lowest BCUT2D eigenvalue weighted by Gasteiger charge is -2.08. The molecule has 0 bridgehead atoms. The Bertz CT molecular complexity index is 445. The van der Waals surface area contributed by atoms with Crippen molar-refractivity contribution in [2.45, 2.75) is 56.6 Å². The van der Waals surface area contributed by atoms with Crippen molar-refractivity contribution in [3.63, 3.8) is 0 Å². The van der Waals surface area contributed by atoms with Crippen LogP contribution in [0.5, 0.6) is 0 Å². The molecule has 0 rings (SSSR count). The summed E-state index contributed by atoms with van der Waals surface area (Å²) < 4.78 is 51.6. The highest BCUT2D eigenvalue weighted by molar-refractivity contribution is 7.86. The minimum atomic E-state index is -4.27. The number of hydrogen-bond donors (Lipinski definition) is 3. The molecule has 0 fully saturated rings. The van der Waals surface area contributed by atoms with E-state index in [0.29, 0.717) is 12.8 Å². The van der Waals surface area contributed by atoms with Crippen LogP contribution in [0.1, 0.15) is 51.4 Å². The summed E-state index contributed by atoms with van der Waals surface area (Å²) in [5.41, 5.74) is 0. The number of carboxylic acids is 1. The van der Waals surface area contributed by atoms with Crippen LogP contribution in [0.2, 0.25) is 0 Å². The Hall–Kier alpha value is -0.670. The predicted octanol–water partition coefficient (Wildman–Crippen LogP) is 1.06. The monoisotopic (exact) mass is 330 g/mol. The third kappa shape index (κ3) is 12.4. The maximum atomic E-state index is 10.9. The summed E-state index contributed by atoms with van der Waals surface area (Å²) in [5.74, 6) is -1.55. The van der Waals surface area contributed by atoms with E-state index in [1.807, 2.05) is 0 Å². The van der Waals surface area contributed by atoms with Crippen LogP contribution in [-0.4, -0.2) is 43.5 Å². The number of carbonyl (C=O) groups is 1. The first-order chi connectivity index (χ1) is 9.22. The average Bonchev–Trinajstić information content (AvgIpc) is 2.28. The molecule has 0 aromatic heterocycles. The van der Waals surface area contributed by atoms with E-state index in [2.05, 4.69) is 0 Å². The Kier molecular flexibility index (Phi) is 9.78. The van der Waals surface area contributed by atoms with Crippen LogP contribution in [0.15, 0.2) is 0 Å². The van der Waals surface area contributed by atoms with Crippen LogP contribution >= 0.6 is 0 Å². The molecular weight excluding hydrogens is 308 g/mol. The average molecular weight is 330 g/mol. The first-order valence-corrected chi connectivity index (χ1v) is 9.38. The fourth-order valence-corrected chi connectivity index (χ4v) is 3.95. The maximum Gasteiger partial charge on any atom is 0.303 e. The molecule has 0 spiro atoms. The minimum absolute atomic E-state index is 0.160. The van der Waals surface area contributed by atoms with E-state index in [0.717, 1.165) is 25.7 Å². The molecule has 0 saturated carbocycles. The minimum Gasteiger partial charge on any atom is -0.481 e. The molecule has 1 unspecified atom stereocenters. The van der Waals surface area contributed by atoms with E-state index in [9.17, 15) is 21.6 Å². The number of aliphatic carboxylic acids is 1. The van der Waals surface area contributed by atoms with Crippen LogP contribution in [0, 0.1) is 0 Å². The Morgan fingerprint density at radius 1 is 1.00 bits per heavy atom. The zero-order valence-corrected chi connectivity index (χ0v) is 12.9. The third-order valence-corrected chi connectivity index (χ3v) is 4.99. The van der Waals surface area contributed by atoms with E-state index in [1.54, 1.807) is 0 Å². The first kappa shape index (κ1) is 19.3. The Balaban J connectivity index is 3.73. The smallest absolute Gasteiger partial charge is 0.303 e. The quantitative estimate of drug-likeness (QED) is 0.277. The van der Waals surface area contributed by atoms with Gasteiger partial charge in [0, 0.05) is 6.42 Å². The van der Waals surface area contributed by atoms with Crippen molar-refractivity contribution in [2.75, 3.05) is 5.75 Å². The number of unbranched alkanes of at least 4 members (excludes halogenated alkanes) is 5. The summed E-state index contributed by atoms with van der Waals surface area (Å²) in [4.78, 5) is 10.3. The summed E-state index contributed by atoms with van der Waals surface area (Å²) in [6.07, 6.45) is 4.89. The summed E-state index contributed by atoms with van der Waals surface area (Å²) >= 11 is 0. The summed E-state index contributed by atoms with van der Waals surface area (Å²) in [7, 11) is -7.14. The van der Waals surface area contributed by atoms with Crippen molar-refractivity contribution in [1.29, 1.82) is 0 Å². The molecule has 1 atom stereocenters. The molecule has 0 radical (unpaired) electrons. The van der Waals surface area contributed by atoms with E-state index in [1.165, 1.54) is 0 Å². The molecule has 120 valence electrons. The highest BCUT2D eigenvalue weighted by atomic mass is 32.2. The van der Waals surface area contributed by atoms with E-state index in [-0.39, 0.29) is 12.8 Å². The van der Waals surface area contributed by atoms with E-state index in [4.69, 9.17) is 9.66 Å². The molecule has 0 aromatic carbocycles. The zero-order valence-electron chi connectivity index (χ0n) is 11.2. The topological polar surface area (TPSA) is 126 Å². The fourth-order valence-electron chi connectivity index (χ4n) is 1.86. The van der Waals surface area contributed by atoms with Crippen molar-refractivity contribution in [1.82, 2.24) is 0 Å². The van der Waals surface area contributed by atoms with E-state index < -0.39 is 37.8 Å². The Morgan fingerprint density at radius 2 is 1.50 bits per heavy atom. The summed E-state index contributed by atoms with van der Waals surface area (Å²) in [6, 6.07) is 0. The van der Waals surface area contributed by atoms with E-state index >= 15 is 0 Å². The molecule has 0 heterocycles. The van der Waals surface area contributed by atoms with Gasteiger partial charge < -0.3 is 5.11 Å². The molecule has 7 nitrogen and oxygen atoms in total. The third-order valence-electron chi connectivity index (χ3n) is 2.88. The Labute approximate surface area is 121 Å². The van der Waals surface area contributed by atoms with Crippen molar-refractivity contribution in [3.8, 4) is 0 Å². The van der Waals surface area contributed by atoms with Gasteiger partial charge in [0.2, 0.25) is 0 Å². The van der Waals surface area contributed by atoms with Gasteiger partial charge in [-0.2, -0.15) is 8.42 Å². The lowest BCUT2D eigenvalue weighted by Crippen LogP contribution is -2.22. The van der Waals surface area contributed by atoms with Gasteiger partial charge in [-0.25, -0.2) is 8.42 Å². The number of thiol groups is 1. The molecule has 2 N–H and O–H groups in total. The van der Waals surface area contributed by atoms with Gasteiger partial charge in [-0.3, -0.25) is 9.35 Å². The van der Waals surface area contributed by atoms with Gasteiger partial charge in [-0.05, 0) is 12.8 Å². The lowest BCUT2D eigenvalue weighted by molar-refractivity contribution is -0.137. The highest BCUT2D eigenvalue weighted by Gasteiger charge is 2.19. The second-order valence-electron chi connectivity index (χ2n) is 4.74. The molecule has 0 aliphatic carbocycles. The van der Waals surface area contributed by atoms with Gasteiger partial charge in [0.25, 0.3) is 10.1 Å². The molecule has 0 aliphatic rings. The van der Waals surface area contributed by atoms with Crippen molar-refractivity contribution in [3.05, 3.63) is 0 Å². The van der Waals surface area contributed by atoms with Gasteiger partial charge in [0.1, 0.15) is 10.7 Å². The molecule has 0 aromatic rings. The standard InChI is InChI=1S/C11H22O7S2/c12-11(13)8-6-4-2-1-3-5-7-10(19(14)15)9-20(16,17)18/h10,19H,1-9H2,(H,12,13)(H,16,17,18). The maximum absolute atomic E-state index is 10.9. The van der Waals surface area contributed by atoms with Gasteiger partial charge >= 0.3 is 5.97 Å². The lowest BCUT2D eigenvalue weighted by atomic mass is 10.1. The molecule has 0 aliphatic heterocycles. The summed E-state index contributed by atoms with van der Waals surface area (Å²) in [6.45, 7) is 0. The van der Waals surface area contributed by atoms with Gasteiger partial charge in [-0.1, -0.05) is 32.1 Å². The molecule has 20 heavy (non-hydrogen) atoms. The number of hydrogen-bond acceptors (Lipinski definition) is 5. The molecular formula is C11H22O7S2. The Morgan fingerprint density at radius 3 is 1.95 bits per heavy atom. The summed E-state index contributed by atoms with van der Waals surface area (Å²) in [5, 5.41) is 7.40. The second kappa shape index (κ2) is 10.1. The number of carboxylic acid groups (broad SMARTS) is 1. The SMILES string of the molecule is O=C(O)CCCCCCCCC(CS(=O)(=O)O)[SH](=O)=O. The molecule has 0 amide bonds. The van der Waals surface area contributed by atoms with Crippen molar-refractivity contribution in [2.24, 2.45) is 0 Å². The van der Waals surface area contributed by atoms with Gasteiger partial charge in [-0.15, -0.1) is 0 Å². The van der Waals surface area contributed by atoms with Crippen molar-refractivity contribution >= 4 is 26.8 Å². The normalized spacial score (nSPS) is 13.5. The van der Waals surface area contributed by atoms with Crippen LogP contribution < -0.4 is 0 Å². The molecule has 0 saturated heterocycles. The van der Waals surface area contributed by atoms with Crippen LogP contribution in [0.3, 0.4) is 0 Å². The van der Waals surface area contributed by atoms with Crippen LogP contribution in [0.4, 0.5) is 0 Å². The van der Waals surface area contributed by atoms with Gasteiger partial charge in [0.05, 0.1) is 11.0 Å². The highest BCUT2D eigenvalue weighted by Crippen LogP contribution is 2.12. The first-order valence-electron chi connectivity index (χ1n) is 6.53. The second-order valence-corrected chi connectivity index (χ2v) is 7.54. The number of rotatable bonds is 12. The van der Waals surface area contributed by atoms with Crippen LogP contribution in [0.25, 0.3) is 0 Å². The predicted molar refractivity (Wildman–Crippen MR) is 75.1 cm³/mol. The molecule has 9 heteroatoms. The zero-order chi connectivity index (χ0) is 15.6.